The van der Waals surface area contributed by atoms with Crippen LogP contribution in [0.4, 0.5) is 14.5 Å². The van der Waals surface area contributed by atoms with Gasteiger partial charge in [0, 0.05) is 32.2 Å². The second-order valence-electron chi connectivity index (χ2n) is 7.51. The van der Waals surface area contributed by atoms with Crippen molar-refractivity contribution in [2.45, 2.75) is 6.92 Å². The highest BCUT2D eigenvalue weighted by atomic mass is 19.1. The Morgan fingerprint density at radius 2 is 1.61 bits per heavy atom. The summed E-state index contributed by atoms with van der Waals surface area (Å²) < 4.78 is 33.8. The van der Waals surface area contributed by atoms with Gasteiger partial charge in [0.25, 0.3) is 11.8 Å². The lowest BCUT2D eigenvalue weighted by Gasteiger charge is -2.34. The number of amides is 2. The number of carbonyl (C=O) groups excluding carboxylic acids is 2. The molecule has 2 heterocycles. The van der Waals surface area contributed by atoms with E-state index < -0.39 is 23.4 Å². The number of imide groups is 1. The van der Waals surface area contributed by atoms with Gasteiger partial charge in [-0.15, -0.1) is 0 Å². The second-order valence-corrected chi connectivity index (χ2v) is 7.51. The minimum Gasteiger partial charge on any atom is -0.494 e. The Kier molecular flexibility index (Phi) is 5.73. The third kappa shape index (κ3) is 3.90. The van der Waals surface area contributed by atoms with E-state index in [1.165, 1.54) is 0 Å². The molecule has 0 aliphatic carbocycles. The average Bonchev–Trinajstić information content (AvgIpc) is 3.01. The van der Waals surface area contributed by atoms with Gasteiger partial charge in [-0.05, 0) is 43.8 Å². The molecule has 2 aromatic carbocycles. The van der Waals surface area contributed by atoms with Crippen LogP contribution in [0.1, 0.15) is 12.5 Å². The Hall–Kier alpha value is -3.26. The van der Waals surface area contributed by atoms with E-state index in [1.54, 1.807) is 24.3 Å². The normalized spacial score (nSPS) is 17.7. The molecule has 1 saturated heterocycles. The second kappa shape index (κ2) is 8.47. The SMILES string of the molecule is CCOc1ccc(C2=C(N3CCN(C)CC3)C(=O)N(c3cc(F)ccc3F)C2=O)cc1. The molecular weight excluding hydrogens is 404 g/mol. The van der Waals surface area contributed by atoms with Crippen LogP contribution in [0.25, 0.3) is 5.57 Å². The van der Waals surface area contributed by atoms with Gasteiger partial charge >= 0.3 is 0 Å². The third-order valence-corrected chi connectivity index (χ3v) is 5.48. The Labute approximate surface area is 179 Å². The Bertz CT molecular complexity index is 1040. The van der Waals surface area contributed by atoms with E-state index in [9.17, 15) is 18.4 Å². The minimum absolute atomic E-state index is 0.182. The molecule has 2 aromatic rings. The highest BCUT2D eigenvalue weighted by Crippen LogP contribution is 2.36. The molecule has 0 spiro atoms. The minimum atomic E-state index is -0.839. The summed E-state index contributed by atoms with van der Waals surface area (Å²) in [7, 11) is 1.98. The molecule has 0 unspecified atom stereocenters. The summed E-state index contributed by atoms with van der Waals surface area (Å²) in [6, 6.07) is 9.57. The zero-order chi connectivity index (χ0) is 22.1. The smallest absolute Gasteiger partial charge is 0.282 e. The van der Waals surface area contributed by atoms with E-state index >= 15 is 0 Å². The fourth-order valence-electron chi connectivity index (χ4n) is 3.86. The maximum absolute atomic E-state index is 14.5. The monoisotopic (exact) mass is 427 g/mol. The van der Waals surface area contributed by atoms with Gasteiger partial charge in [-0.1, -0.05) is 12.1 Å². The molecule has 2 aliphatic heterocycles. The van der Waals surface area contributed by atoms with Crippen LogP contribution in [0.15, 0.2) is 48.2 Å². The molecule has 0 atom stereocenters. The number of piperazine rings is 1. The molecule has 6 nitrogen and oxygen atoms in total. The van der Waals surface area contributed by atoms with Gasteiger partial charge in [-0.25, -0.2) is 13.7 Å². The molecule has 2 amide bonds. The molecule has 1 fully saturated rings. The van der Waals surface area contributed by atoms with Crippen molar-refractivity contribution in [3.05, 3.63) is 65.4 Å². The number of likely N-dealkylation sites (N-methyl/N-ethyl adjacent to an activating group) is 1. The van der Waals surface area contributed by atoms with E-state index in [0.29, 0.717) is 31.0 Å². The number of hydrogen-bond donors (Lipinski definition) is 0. The Morgan fingerprint density at radius 3 is 2.26 bits per heavy atom. The number of ether oxygens (including phenoxy) is 1. The van der Waals surface area contributed by atoms with Crippen molar-refractivity contribution in [1.82, 2.24) is 9.80 Å². The number of anilines is 1. The number of hydrogen-bond acceptors (Lipinski definition) is 5. The molecule has 2 aliphatic rings. The summed E-state index contributed by atoms with van der Waals surface area (Å²) in [6.07, 6.45) is 0. The van der Waals surface area contributed by atoms with Gasteiger partial charge in [-0.3, -0.25) is 9.59 Å². The van der Waals surface area contributed by atoms with Gasteiger partial charge in [0.15, 0.2) is 0 Å². The van der Waals surface area contributed by atoms with Crippen LogP contribution in [0, 0.1) is 11.6 Å². The zero-order valence-electron chi connectivity index (χ0n) is 17.4. The third-order valence-electron chi connectivity index (χ3n) is 5.48. The van der Waals surface area contributed by atoms with Crippen LogP contribution in [0.2, 0.25) is 0 Å². The quantitative estimate of drug-likeness (QED) is 0.687. The summed E-state index contributed by atoms with van der Waals surface area (Å²) in [5.41, 5.74) is 0.532. The van der Waals surface area contributed by atoms with E-state index in [-0.39, 0.29) is 17.0 Å². The lowest BCUT2D eigenvalue weighted by Crippen LogP contribution is -2.46. The van der Waals surface area contributed by atoms with Crippen molar-refractivity contribution < 1.29 is 23.1 Å². The van der Waals surface area contributed by atoms with Crippen LogP contribution < -0.4 is 9.64 Å². The van der Waals surface area contributed by atoms with Gasteiger partial charge in [-0.2, -0.15) is 0 Å². The molecule has 0 aromatic heterocycles. The van der Waals surface area contributed by atoms with Crippen molar-refractivity contribution in [3.63, 3.8) is 0 Å². The largest absolute Gasteiger partial charge is 0.494 e. The topological polar surface area (TPSA) is 53.1 Å². The molecule has 162 valence electrons. The van der Waals surface area contributed by atoms with Crippen molar-refractivity contribution >= 4 is 23.1 Å². The van der Waals surface area contributed by atoms with Crippen LogP contribution in [-0.2, 0) is 9.59 Å². The van der Waals surface area contributed by atoms with Crippen LogP contribution in [0.5, 0.6) is 5.75 Å². The van der Waals surface area contributed by atoms with Crippen molar-refractivity contribution in [2.24, 2.45) is 0 Å². The van der Waals surface area contributed by atoms with Gasteiger partial charge in [0.05, 0.1) is 17.9 Å². The zero-order valence-corrected chi connectivity index (χ0v) is 17.4. The first kappa shape index (κ1) is 21.0. The van der Waals surface area contributed by atoms with E-state index in [0.717, 1.165) is 36.2 Å². The van der Waals surface area contributed by atoms with Gasteiger partial charge in [0.2, 0.25) is 0 Å². The van der Waals surface area contributed by atoms with Crippen LogP contribution in [-0.4, -0.2) is 61.4 Å². The van der Waals surface area contributed by atoms with Gasteiger partial charge < -0.3 is 14.5 Å². The molecule has 8 heteroatoms. The summed E-state index contributed by atoms with van der Waals surface area (Å²) in [4.78, 5) is 31.5. The maximum Gasteiger partial charge on any atom is 0.282 e. The summed E-state index contributed by atoms with van der Waals surface area (Å²) in [5, 5.41) is 0. The molecule has 0 saturated carbocycles. The number of carbonyl (C=O) groups is 2. The van der Waals surface area contributed by atoms with Crippen LogP contribution >= 0.6 is 0 Å². The molecular formula is C23H23F2N3O3. The fourth-order valence-corrected chi connectivity index (χ4v) is 3.86. The first-order valence-electron chi connectivity index (χ1n) is 10.2. The van der Waals surface area contributed by atoms with E-state index in [2.05, 4.69) is 4.90 Å². The van der Waals surface area contributed by atoms with Gasteiger partial charge in [0.1, 0.15) is 23.1 Å². The molecule has 31 heavy (non-hydrogen) atoms. The lowest BCUT2D eigenvalue weighted by molar-refractivity contribution is -0.120. The predicted octanol–water partition coefficient (Wildman–Crippen LogP) is 2.90. The summed E-state index contributed by atoms with van der Waals surface area (Å²) in [6.45, 7) is 4.90. The van der Waals surface area contributed by atoms with E-state index in [4.69, 9.17) is 4.74 Å². The molecule has 0 bridgehead atoms. The number of halogens is 2. The number of benzene rings is 2. The molecule has 4 rings (SSSR count). The average molecular weight is 427 g/mol. The standard InChI is InChI=1S/C23H23F2N3O3/c1-3-31-17-7-4-15(5-8-17)20-21(27-12-10-26(2)11-13-27)23(30)28(22(20)29)19-14-16(24)6-9-18(19)25/h4-9,14H,3,10-13H2,1-2H3. The lowest BCUT2D eigenvalue weighted by atomic mass is 10.0. The first-order chi connectivity index (χ1) is 14.9. The molecule has 0 N–H and O–H groups in total. The number of rotatable bonds is 5. The van der Waals surface area contributed by atoms with Crippen molar-refractivity contribution in [3.8, 4) is 5.75 Å². The highest BCUT2D eigenvalue weighted by molar-refractivity contribution is 6.45. The number of nitrogens with zero attached hydrogens (tertiary/aromatic N) is 3. The van der Waals surface area contributed by atoms with Crippen molar-refractivity contribution in [1.29, 1.82) is 0 Å². The predicted molar refractivity (Wildman–Crippen MR) is 112 cm³/mol. The van der Waals surface area contributed by atoms with E-state index in [1.807, 2.05) is 18.9 Å². The Balaban J connectivity index is 1.80. The molecule has 0 radical (unpaired) electrons. The van der Waals surface area contributed by atoms with Crippen LogP contribution in [0.3, 0.4) is 0 Å². The maximum atomic E-state index is 14.5. The highest BCUT2D eigenvalue weighted by Gasteiger charge is 2.44. The summed E-state index contributed by atoms with van der Waals surface area (Å²) >= 11 is 0. The summed E-state index contributed by atoms with van der Waals surface area (Å²) in [5.74, 6) is -2.25. The van der Waals surface area contributed by atoms with Crippen molar-refractivity contribution in [2.75, 3.05) is 44.7 Å². The first-order valence-corrected chi connectivity index (χ1v) is 10.2. The Morgan fingerprint density at radius 1 is 0.935 bits per heavy atom. The fraction of sp³-hybridized carbons (Fsp3) is 0.304.